The van der Waals surface area contributed by atoms with Gasteiger partial charge in [0.2, 0.25) is 0 Å². The molecule has 0 radical (unpaired) electrons. The Labute approximate surface area is 160 Å². The quantitative estimate of drug-likeness (QED) is 0.640. The smallest absolute Gasteiger partial charge is 0.287 e. The van der Waals surface area contributed by atoms with Crippen molar-refractivity contribution in [1.29, 1.82) is 0 Å². The number of ether oxygens (including phenoxy) is 1. The molecule has 1 N–H and O–H groups in total. The normalized spacial score (nSPS) is 11.7. The number of rotatable bonds is 8. The summed E-state index contributed by atoms with van der Waals surface area (Å²) in [5, 5.41) is 2.82. The molecule has 140 valence electrons. The molecule has 0 aliphatic rings. The standard InChI is InChI=1S/C21H21NO4S/c1-2-25-17-10-8-16(9-11-17)14-22-21(23)20-13-12-18(26-20)15-27(24)19-6-4-3-5-7-19/h3-13H,2,14-15H2,1H3,(H,22,23)/t27-/m1/s1. The predicted molar refractivity (Wildman–Crippen MR) is 104 cm³/mol. The van der Waals surface area contributed by atoms with Gasteiger partial charge in [0.1, 0.15) is 11.5 Å². The zero-order valence-electron chi connectivity index (χ0n) is 15.0. The summed E-state index contributed by atoms with van der Waals surface area (Å²) in [6, 6.07) is 20.0. The fraction of sp³-hybridized carbons (Fsp3) is 0.190. The summed E-state index contributed by atoms with van der Waals surface area (Å²) in [5.74, 6) is 1.45. The topological polar surface area (TPSA) is 68.5 Å². The van der Waals surface area contributed by atoms with Gasteiger partial charge in [-0.05, 0) is 48.9 Å². The van der Waals surface area contributed by atoms with Crippen LogP contribution in [-0.4, -0.2) is 16.7 Å². The second-order valence-corrected chi connectivity index (χ2v) is 7.28. The van der Waals surface area contributed by atoms with E-state index in [0.717, 1.165) is 16.2 Å². The fourth-order valence-corrected chi connectivity index (χ4v) is 3.54. The molecule has 0 saturated heterocycles. The molecule has 0 bridgehead atoms. The number of hydrogen-bond acceptors (Lipinski definition) is 4. The van der Waals surface area contributed by atoms with Crippen molar-refractivity contribution in [3.05, 3.63) is 83.8 Å². The van der Waals surface area contributed by atoms with Crippen molar-refractivity contribution < 1.29 is 18.2 Å². The molecule has 27 heavy (non-hydrogen) atoms. The lowest BCUT2D eigenvalue weighted by Gasteiger charge is -2.06. The largest absolute Gasteiger partial charge is 0.494 e. The van der Waals surface area contributed by atoms with Gasteiger partial charge in [0.15, 0.2) is 5.76 Å². The van der Waals surface area contributed by atoms with Crippen molar-refractivity contribution in [3.8, 4) is 5.75 Å². The minimum atomic E-state index is -1.21. The lowest BCUT2D eigenvalue weighted by molar-refractivity contribution is 0.0921. The summed E-state index contributed by atoms with van der Waals surface area (Å²) in [6.45, 7) is 2.93. The molecule has 3 rings (SSSR count). The van der Waals surface area contributed by atoms with E-state index in [9.17, 15) is 9.00 Å². The van der Waals surface area contributed by atoms with Crippen molar-refractivity contribution in [2.75, 3.05) is 6.61 Å². The average Bonchev–Trinajstić information content (AvgIpc) is 3.17. The summed E-state index contributed by atoms with van der Waals surface area (Å²) in [7, 11) is -1.21. The summed E-state index contributed by atoms with van der Waals surface area (Å²) in [6.07, 6.45) is 0. The Morgan fingerprint density at radius 3 is 2.48 bits per heavy atom. The second kappa shape index (κ2) is 9.19. The molecule has 5 nitrogen and oxygen atoms in total. The van der Waals surface area contributed by atoms with Crippen molar-refractivity contribution in [2.45, 2.75) is 24.1 Å². The Morgan fingerprint density at radius 1 is 1.04 bits per heavy atom. The van der Waals surface area contributed by atoms with Crippen LogP contribution in [0.3, 0.4) is 0 Å². The highest BCUT2D eigenvalue weighted by Crippen LogP contribution is 2.16. The lowest BCUT2D eigenvalue weighted by Crippen LogP contribution is -2.22. The van der Waals surface area contributed by atoms with Crippen molar-refractivity contribution >= 4 is 16.7 Å². The van der Waals surface area contributed by atoms with Crippen molar-refractivity contribution in [3.63, 3.8) is 0 Å². The Bertz CT molecular complexity index is 903. The highest BCUT2D eigenvalue weighted by atomic mass is 32.2. The van der Waals surface area contributed by atoms with Gasteiger partial charge in [0.05, 0.1) is 23.2 Å². The monoisotopic (exact) mass is 383 g/mol. The van der Waals surface area contributed by atoms with Crippen molar-refractivity contribution in [2.24, 2.45) is 0 Å². The van der Waals surface area contributed by atoms with Gasteiger partial charge in [-0.15, -0.1) is 0 Å². The number of hydrogen-bond donors (Lipinski definition) is 1. The molecule has 0 spiro atoms. The zero-order chi connectivity index (χ0) is 19.1. The lowest BCUT2D eigenvalue weighted by atomic mass is 10.2. The average molecular weight is 383 g/mol. The molecule has 0 aliphatic heterocycles. The highest BCUT2D eigenvalue weighted by Gasteiger charge is 2.13. The number of carbonyl (C=O) groups excluding carboxylic acids is 1. The first-order chi connectivity index (χ1) is 13.2. The number of amides is 1. The third kappa shape index (κ3) is 5.31. The van der Waals surface area contributed by atoms with Gasteiger partial charge in [-0.25, -0.2) is 0 Å². The Morgan fingerprint density at radius 2 is 1.78 bits per heavy atom. The molecular weight excluding hydrogens is 362 g/mol. The first kappa shape index (κ1) is 18.9. The molecule has 1 amide bonds. The van der Waals surface area contributed by atoms with Crippen LogP contribution in [-0.2, 0) is 23.1 Å². The third-order valence-electron chi connectivity index (χ3n) is 3.85. The Kier molecular flexibility index (Phi) is 6.44. The molecule has 0 fully saturated rings. The zero-order valence-corrected chi connectivity index (χ0v) is 15.8. The van der Waals surface area contributed by atoms with Crippen LogP contribution < -0.4 is 10.1 Å². The number of carbonyl (C=O) groups is 1. The summed E-state index contributed by atoms with van der Waals surface area (Å²) >= 11 is 0. The Hall–Kier alpha value is -2.86. The second-order valence-electron chi connectivity index (χ2n) is 5.83. The summed E-state index contributed by atoms with van der Waals surface area (Å²) in [5.41, 5.74) is 0.962. The molecule has 2 aromatic carbocycles. The molecule has 6 heteroatoms. The van der Waals surface area contributed by atoms with Crippen LogP contribution in [0.25, 0.3) is 0 Å². The van der Waals surface area contributed by atoms with Gasteiger partial charge in [-0.3, -0.25) is 9.00 Å². The van der Waals surface area contributed by atoms with Crippen LogP contribution in [0.15, 0.2) is 76.0 Å². The van der Waals surface area contributed by atoms with Crippen LogP contribution in [0.5, 0.6) is 5.75 Å². The summed E-state index contributed by atoms with van der Waals surface area (Å²) < 4.78 is 23.3. The van der Waals surface area contributed by atoms with E-state index in [1.807, 2.05) is 61.5 Å². The molecule has 0 aliphatic carbocycles. The molecule has 1 atom stereocenters. The molecule has 0 unspecified atom stereocenters. The van der Waals surface area contributed by atoms with Gasteiger partial charge in [-0.1, -0.05) is 30.3 Å². The third-order valence-corrected chi connectivity index (χ3v) is 5.20. The number of furan rings is 1. The SMILES string of the molecule is CCOc1ccc(CNC(=O)c2ccc(C[S@@](=O)c3ccccc3)o2)cc1. The first-order valence-corrected chi connectivity index (χ1v) is 9.99. The first-order valence-electron chi connectivity index (χ1n) is 8.68. The predicted octanol–water partition coefficient (Wildman–Crippen LogP) is 3.92. The maximum atomic E-state index is 12.3. The minimum absolute atomic E-state index is 0.209. The van der Waals surface area contributed by atoms with Gasteiger partial charge in [0.25, 0.3) is 5.91 Å². The van der Waals surface area contributed by atoms with Crippen LogP contribution in [0.1, 0.15) is 28.8 Å². The maximum absolute atomic E-state index is 12.3. The van der Waals surface area contributed by atoms with Gasteiger partial charge in [0, 0.05) is 11.4 Å². The minimum Gasteiger partial charge on any atom is -0.494 e. The fourth-order valence-electron chi connectivity index (χ4n) is 2.50. The molecule has 1 heterocycles. The van der Waals surface area contributed by atoms with Gasteiger partial charge >= 0.3 is 0 Å². The van der Waals surface area contributed by atoms with Crippen LogP contribution >= 0.6 is 0 Å². The highest BCUT2D eigenvalue weighted by molar-refractivity contribution is 7.84. The van der Waals surface area contributed by atoms with E-state index in [0.29, 0.717) is 18.9 Å². The molecule has 3 aromatic rings. The van der Waals surface area contributed by atoms with E-state index in [1.165, 1.54) is 0 Å². The molecule has 0 saturated carbocycles. The van der Waals surface area contributed by atoms with Crippen LogP contribution in [0, 0.1) is 0 Å². The molecule has 1 aromatic heterocycles. The van der Waals surface area contributed by atoms with Crippen LogP contribution in [0.2, 0.25) is 0 Å². The number of nitrogens with one attached hydrogen (secondary N) is 1. The Balaban J connectivity index is 1.54. The van der Waals surface area contributed by atoms with Gasteiger partial charge in [-0.2, -0.15) is 0 Å². The van der Waals surface area contributed by atoms with E-state index in [2.05, 4.69) is 5.32 Å². The van der Waals surface area contributed by atoms with E-state index < -0.39 is 10.8 Å². The van der Waals surface area contributed by atoms with E-state index in [4.69, 9.17) is 9.15 Å². The number of benzene rings is 2. The maximum Gasteiger partial charge on any atom is 0.287 e. The summed E-state index contributed by atoms with van der Waals surface area (Å²) in [4.78, 5) is 13.0. The van der Waals surface area contributed by atoms with Crippen LogP contribution in [0.4, 0.5) is 0 Å². The van der Waals surface area contributed by atoms with E-state index in [-0.39, 0.29) is 17.4 Å². The van der Waals surface area contributed by atoms with Crippen molar-refractivity contribution in [1.82, 2.24) is 5.32 Å². The van der Waals surface area contributed by atoms with E-state index >= 15 is 0 Å². The van der Waals surface area contributed by atoms with Gasteiger partial charge < -0.3 is 14.5 Å². The van der Waals surface area contributed by atoms with E-state index in [1.54, 1.807) is 12.1 Å². The molecular formula is C21H21NO4S.